The molecule has 78 valence electrons. The van der Waals surface area contributed by atoms with Gasteiger partial charge in [-0.25, -0.2) is 4.39 Å². The molecule has 0 aromatic heterocycles. The Morgan fingerprint density at radius 2 is 2.15 bits per heavy atom. The molecule has 0 aliphatic carbocycles. The quantitative estimate of drug-likeness (QED) is 0.642. The summed E-state index contributed by atoms with van der Waals surface area (Å²) in [4.78, 5) is 2.25. The second-order valence-electron chi connectivity index (χ2n) is 5.25. The van der Waals surface area contributed by atoms with Crippen LogP contribution in [0.3, 0.4) is 0 Å². The minimum Gasteiger partial charge on any atom is -0.306 e. The molecule has 13 heavy (non-hydrogen) atoms. The Kier molecular flexibility index (Phi) is 3.33. The zero-order chi connectivity index (χ0) is 10.1. The Morgan fingerprint density at radius 3 is 2.69 bits per heavy atom. The molecule has 0 unspecified atom stereocenters. The highest BCUT2D eigenvalue weighted by molar-refractivity contribution is 4.90. The first-order valence-electron chi connectivity index (χ1n) is 5.26. The van der Waals surface area contributed by atoms with Crippen LogP contribution in [0.25, 0.3) is 0 Å². The molecule has 1 saturated heterocycles. The lowest BCUT2D eigenvalue weighted by atomic mass is 9.74. The van der Waals surface area contributed by atoms with Crippen molar-refractivity contribution in [2.45, 2.75) is 39.8 Å². The molecule has 0 amide bonds. The molecule has 0 aromatic carbocycles. The van der Waals surface area contributed by atoms with E-state index in [1.54, 1.807) is 0 Å². The highest BCUT2D eigenvalue weighted by atomic mass is 19.1. The third kappa shape index (κ3) is 2.67. The number of piperidine rings is 1. The molecule has 0 spiro atoms. The maximum absolute atomic E-state index is 13.7. The molecule has 2 heteroatoms. The molecular weight excluding hydrogens is 165 g/mol. The van der Waals surface area contributed by atoms with E-state index in [1.807, 2.05) is 0 Å². The van der Waals surface area contributed by atoms with Crippen LogP contribution < -0.4 is 0 Å². The van der Waals surface area contributed by atoms with E-state index in [4.69, 9.17) is 0 Å². The van der Waals surface area contributed by atoms with E-state index in [1.165, 1.54) is 0 Å². The SMILES string of the molecule is CC(C)C[C@]1(C)CN(C)CC[C@H]1F. The van der Waals surface area contributed by atoms with Gasteiger partial charge in [-0.1, -0.05) is 20.8 Å². The second kappa shape index (κ2) is 3.95. The van der Waals surface area contributed by atoms with E-state index in [0.29, 0.717) is 12.3 Å². The van der Waals surface area contributed by atoms with E-state index < -0.39 is 6.17 Å². The van der Waals surface area contributed by atoms with Gasteiger partial charge in [0.05, 0.1) is 0 Å². The average Bonchev–Trinajstić information content (AvgIpc) is 1.95. The minimum atomic E-state index is -0.605. The lowest BCUT2D eigenvalue weighted by Crippen LogP contribution is -2.47. The normalized spacial score (nSPS) is 36.9. The van der Waals surface area contributed by atoms with Gasteiger partial charge >= 0.3 is 0 Å². The van der Waals surface area contributed by atoms with Crippen molar-refractivity contribution in [1.29, 1.82) is 0 Å². The molecule has 1 aliphatic rings. The van der Waals surface area contributed by atoms with Crippen LogP contribution in [-0.4, -0.2) is 31.2 Å². The molecule has 0 aromatic rings. The van der Waals surface area contributed by atoms with Crippen LogP contribution in [0.5, 0.6) is 0 Å². The number of halogens is 1. The van der Waals surface area contributed by atoms with Gasteiger partial charge in [-0.3, -0.25) is 0 Å². The van der Waals surface area contributed by atoms with Crippen LogP contribution in [0.1, 0.15) is 33.6 Å². The highest BCUT2D eigenvalue weighted by Gasteiger charge is 2.39. The van der Waals surface area contributed by atoms with E-state index in [0.717, 1.165) is 19.5 Å². The summed E-state index contributed by atoms with van der Waals surface area (Å²) < 4.78 is 13.7. The van der Waals surface area contributed by atoms with Crippen molar-refractivity contribution < 1.29 is 4.39 Å². The summed E-state index contributed by atoms with van der Waals surface area (Å²) in [7, 11) is 2.09. The largest absolute Gasteiger partial charge is 0.306 e. The van der Waals surface area contributed by atoms with Gasteiger partial charge in [-0.15, -0.1) is 0 Å². The van der Waals surface area contributed by atoms with Crippen molar-refractivity contribution in [3.63, 3.8) is 0 Å². The zero-order valence-corrected chi connectivity index (χ0v) is 9.31. The molecule has 2 atom stereocenters. The summed E-state index contributed by atoms with van der Waals surface area (Å²) in [6.07, 6.45) is 1.10. The fraction of sp³-hybridized carbons (Fsp3) is 1.00. The van der Waals surface area contributed by atoms with Crippen LogP contribution in [0.2, 0.25) is 0 Å². The molecule has 0 radical (unpaired) electrons. The summed E-state index contributed by atoms with van der Waals surface area (Å²) in [5, 5.41) is 0. The summed E-state index contributed by atoms with van der Waals surface area (Å²) in [6.45, 7) is 8.26. The van der Waals surface area contributed by atoms with Gasteiger partial charge in [0.15, 0.2) is 0 Å². The zero-order valence-electron chi connectivity index (χ0n) is 9.31. The topological polar surface area (TPSA) is 3.24 Å². The molecule has 0 saturated carbocycles. The maximum atomic E-state index is 13.7. The van der Waals surface area contributed by atoms with Gasteiger partial charge in [0.25, 0.3) is 0 Å². The fourth-order valence-electron chi connectivity index (χ4n) is 2.60. The molecule has 1 aliphatic heterocycles. The number of alkyl halides is 1. The minimum absolute atomic E-state index is 0.110. The van der Waals surface area contributed by atoms with Crippen LogP contribution >= 0.6 is 0 Å². The highest BCUT2D eigenvalue weighted by Crippen LogP contribution is 2.37. The molecule has 1 fully saturated rings. The van der Waals surface area contributed by atoms with E-state index in [-0.39, 0.29) is 5.41 Å². The molecule has 0 N–H and O–H groups in total. The summed E-state index contributed by atoms with van der Waals surface area (Å²) in [5.41, 5.74) is -0.110. The summed E-state index contributed by atoms with van der Waals surface area (Å²) in [6, 6.07) is 0. The van der Waals surface area contributed by atoms with Gasteiger partial charge in [0.2, 0.25) is 0 Å². The third-order valence-electron chi connectivity index (χ3n) is 3.03. The summed E-state index contributed by atoms with van der Waals surface area (Å²) in [5.74, 6) is 0.592. The molecule has 1 nitrogen and oxygen atoms in total. The first-order chi connectivity index (χ1) is 5.94. The average molecular weight is 187 g/mol. The Morgan fingerprint density at radius 1 is 1.54 bits per heavy atom. The Bertz CT molecular complexity index is 165. The predicted molar refractivity (Wildman–Crippen MR) is 54.6 cm³/mol. The van der Waals surface area contributed by atoms with Gasteiger partial charge in [-0.2, -0.15) is 0 Å². The van der Waals surface area contributed by atoms with Gasteiger partial charge in [0, 0.05) is 18.5 Å². The van der Waals surface area contributed by atoms with E-state index in [9.17, 15) is 4.39 Å². The Balaban J connectivity index is 2.61. The van der Waals surface area contributed by atoms with Crippen molar-refractivity contribution in [2.75, 3.05) is 20.1 Å². The number of hydrogen-bond donors (Lipinski definition) is 0. The maximum Gasteiger partial charge on any atom is 0.108 e. The molecular formula is C11H22FN. The first kappa shape index (κ1) is 11.0. The smallest absolute Gasteiger partial charge is 0.108 e. The number of hydrogen-bond acceptors (Lipinski definition) is 1. The van der Waals surface area contributed by atoms with Gasteiger partial charge < -0.3 is 4.90 Å². The van der Waals surface area contributed by atoms with Gasteiger partial charge in [0.1, 0.15) is 6.17 Å². The van der Waals surface area contributed by atoms with Crippen molar-refractivity contribution in [2.24, 2.45) is 11.3 Å². The fourth-order valence-corrected chi connectivity index (χ4v) is 2.60. The number of rotatable bonds is 2. The molecule has 1 heterocycles. The standard InChI is InChI=1S/C11H22FN/c1-9(2)7-11(3)8-13(4)6-5-10(11)12/h9-10H,5-8H2,1-4H3/t10-,11-/m1/s1. The predicted octanol–water partition coefficient (Wildman–Crippen LogP) is 2.71. The first-order valence-corrected chi connectivity index (χ1v) is 5.26. The van der Waals surface area contributed by atoms with E-state index in [2.05, 4.69) is 32.7 Å². The van der Waals surface area contributed by atoms with Crippen LogP contribution in [-0.2, 0) is 0 Å². The van der Waals surface area contributed by atoms with Crippen LogP contribution in [0, 0.1) is 11.3 Å². The van der Waals surface area contributed by atoms with Crippen molar-refractivity contribution in [3.8, 4) is 0 Å². The number of likely N-dealkylation sites (tertiary alicyclic amines) is 1. The number of nitrogens with zero attached hydrogens (tertiary/aromatic N) is 1. The van der Waals surface area contributed by atoms with Crippen molar-refractivity contribution in [1.82, 2.24) is 4.90 Å². The van der Waals surface area contributed by atoms with Gasteiger partial charge in [-0.05, 0) is 25.8 Å². The monoisotopic (exact) mass is 187 g/mol. The second-order valence-corrected chi connectivity index (χ2v) is 5.25. The lowest BCUT2D eigenvalue weighted by molar-refractivity contribution is 0.0126. The third-order valence-corrected chi connectivity index (χ3v) is 3.03. The lowest BCUT2D eigenvalue weighted by Gasteiger charge is -2.42. The van der Waals surface area contributed by atoms with Crippen LogP contribution in [0.15, 0.2) is 0 Å². The van der Waals surface area contributed by atoms with E-state index >= 15 is 0 Å². The van der Waals surface area contributed by atoms with Crippen molar-refractivity contribution >= 4 is 0 Å². The molecule has 0 bridgehead atoms. The molecule has 1 rings (SSSR count). The van der Waals surface area contributed by atoms with Crippen molar-refractivity contribution in [3.05, 3.63) is 0 Å². The Labute approximate surface area is 81.3 Å². The van der Waals surface area contributed by atoms with Crippen LogP contribution in [0.4, 0.5) is 4.39 Å². The Hall–Kier alpha value is -0.110. The summed E-state index contributed by atoms with van der Waals surface area (Å²) >= 11 is 0.